The molecular formula is C15H13NO4S2. The molecule has 1 atom stereocenters. The van der Waals surface area contributed by atoms with E-state index in [1.54, 1.807) is 23.9 Å². The molecule has 0 radical (unpaired) electrons. The Labute approximate surface area is 136 Å². The molecule has 2 aliphatic rings. The van der Waals surface area contributed by atoms with Crippen molar-refractivity contribution in [3.05, 3.63) is 47.2 Å². The van der Waals surface area contributed by atoms with Crippen LogP contribution in [0.2, 0.25) is 0 Å². The maximum absolute atomic E-state index is 12.2. The molecule has 1 N–H and O–H groups in total. The number of esters is 1. The summed E-state index contributed by atoms with van der Waals surface area (Å²) < 4.78 is 5.30. The van der Waals surface area contributed by atoms with Gasteiger partial charge in [0.1, 0.15) is 12.3 Å². The number of carbonyl (C=O) groups excluding carboxylic acids is 1. The second kappa shape index (κ2) is 6.10. The fraction of sp³-hybridized carbons (Fsp3) is 0.267. The van der Waals surface area contributed by atoms with Gasteiger partial charge in [-0.3, -0.25) is 0 Å². The van der Waals surface area contributed by atoms with Crippen LogP contribution in [0.5, 0.6) is 0 Å². The Kier molecular flexibility index (Phi) is 4.17. The van der Waals surface area contributed by atoms with Crippen LogP contribution in [0.3, 0.4) is 0 Å². The Morgan fingerprint density at radius 2 is 2.09 bits per heavy atom. The minimum absolute atomic E-state index is 0.106. The van der Waals surface area contributed by atoms with E-state index in [9.17, 15) is 9.59 Å². The fourth-order valence-electron chi connectivity index (χ4n) is 2.29. The van der Waals surface area contributed by atoms with E-state index >= 15 is 0 Å². The van der Waals surface area contributed by atoms with Crippen LogP contribution in [0.1, 0.15) is 22.3 Å². The van der Waals surface area contributed by atoms with Crippen LogP contribution in [-0.4, -0.2) is 38.1 Å². The molecule has 3 rings (SSSR count). The molecule has 0 bridgehead atoms. The Hall–Kier alpha value is -1.86. The van der Waals surface area contributed by atoms with Gasteiger partial charge in [0.15, 0.2) is 0 Å². The molecule has 2 heterocycles. The highest BCUT2D eigenvalue weighted by Crippen LogP contribution is 2.38. The summed E-state index contributed by atoms with van der Waals surface area (Å²) in [6.07, 6.45) is 2.67. The monoisotopic (exact) mass is 335 g/mol. The van der Waals surface area contributed by atoms with Gasteiger partial charge < -0.3 is 14.7 Å². The standard InChI is InChI=1S/C15H13NO4S2/c17-14(18)10-3-1-9(2-4-10)8-20-15(19)11-5-6-22-13-7-12(21)16(11)13/h1-5,13H,6-8H2,(H,17,18). The third-order valence-corrected chi connectivity index (χ3v) is 5.00. The van der Waals surface area contributed by atoms with E-state index in [1.165, 1.54) is 12.1 Å². The average molecular weight is 335 g/mol. The number of thioether (sulfide) groups is 1. The van der Waals surface area contributed by atoms with E-state index in [2.05, 4.69) is 0 Å². The van der Waals surface area contributed by atoms with Crippen molar-refractivity contribution in [3.8, 4) is 0 Å². The number of hydrogen-bond donors (Lipinski definition) is 1. The lowest BCUT2D eigenvalue weighted by Crippen LogP contribution is -2.52. The van der Waals surface area contributed by atoms with Gasteiger partial charge >= 0.3 is 11.9 Å². The molecule has 0 amide bonds. The number of carboxylic acids is 1. The number of fused-ring (bicyclic) bond motifs is 1. The normalized spacial score (nSPS) is 19.8. The van der Waals surface area contributed by atoms with Crippen molar-refractivity contribution in [2.75, 3.05) is 5.75 Å². The molecule has 0 aliphatic carbocycles. The predicted octanol–water partition coefficient (Wildman–Crippen LogP) is 2.42. The van der Waals surface area contributed by atoms with E-state index in [4.69, 9.17) is 22.1 Å². The van der Waals surface area contributed by atoms with Crippen LogP contribution in [0, 0.1) is 0 Å². The number of nitrogens with zero attached hydrogens (tertiary/aromatic N) is 1. The van der Waals surface area contributed by atoms with E-state index in [-0.39, 0.29) is 17.5 Å². The first-order chi connectivity index (χ1) is 10.6. The van der Waals surface area contributed by atoms with Crippen LogP contribution < -0.4 is 0 Å². The zero-order valence-corrected chi connectivity index (χ0v) is 13.2. The van der Waals surface area contributed by atoms with Crippen molar-refractivity contribution in [2.45, 2.75) is 18.4 Å². The smallest absolute Gasteiger partial charge is 0.355 e. The lowest BCUT2D eigenvalue weighted by molar-refractivity contribution is -0.142. The lowest BCUT2D eigenvalue weighted by Gasteiger charge is -2.45. The van der Waals surface area contributed by atoms with Gasteiger partial charge in [-0.1, -0.05) is 24.4 Å². The van der Waals surface area contributed by atoms with Crippen molar-refractivity contribution in [1.29, 1.82) is 0 Å². The second-order valence-corrected chi connectivity index (χ2v) is 6.61. The third kappa shape index (κ3) is 2.86. The molecule has 1 saturated heterocycles. The molecule has 7 heteroatoms. The van der Waals surface area contributed by atoms with Crippen molar-refractivity contribution in [1.82, 2.24) is 4.90 Å². The summed E-state index contributed by atoms with van der Waals surface area (Å²) in [5.74, 6) is -0.595. The molecule has 22 heavy (non-hydrogen) atoms. The zero-order chi connectivity index (χ0) is 15.7. The van der Waals surface area contributed by atoms with Gasteiger partial charge in [-0.15, -0.1) is 11.8 Å². The van der Waals surface area contributed by atoms with Crippen molar-refractivity contribution >= 4 is 40.9 Å². The van der Waals surface area contributed by atoms with Crippen LogP contribution in [-0.2, 0) is 16.1 Å². The maximum Gasteiger partial charge on any atom is 0.355 e. The van der Waals surface area contributed by atoms with Crippen molar-refractivity contribution in [3.63, 3.8) is 0 Å². The summed E-state index contributed by atoms with van der Waals surface area (Å²) >= 11 is 6.96. The molecule has 5 nitrogen and oxygen atoms in total. The van der Waals surface area contributed by atoms with Crippen LogP contribution in [0.15, 0.2) is 36.0 Å². The summed E-state index contributed by atoms with van der Waals surface area (Å²) in [6, 6.07) is 6.25. The van der Waals surface area contributed by atoms with Gasteiger partial charge in [0.2, 0.25) is 0 Å². The first-order valence-electron chi connectivity index (χ1n) is 6.69. The molecular weight excluding hydrogens is 322 g/mol. The summed E-state index contributed by atoms with van der Waals surface area (Å²) in [5.41, 5.74) is 1.46. The number of carbonyl (C=O) groups is 2. The summed E-state index contributed by atoms with van der Waals surface area (Å²) in [4.78, 5) is 25.6. The molecule has 1 fully saturated rings. The number of ether oxygens (including phenoxy) is 1. The molecule has 114 valence electrons. The summed E-state index contributed by atoms with van der Waals surface area (Å²) in [6.45, 7) is 0.106. The average Bonchev–Trinajstić information content (AvgIpc) is 2.51. The highest BCUT2D eigenvalue weighted by molar-refractivity contribution is 8.00. The van der Waals surface area contributed by atoms with Crippen LogP contribution in [0.4, 0.5) is 0 Å². The first kappa shape index (κ1) is 15.1. The SMILES string of the molecule is O=C(OCc1ccc(C(=O)O)cc1)C1=CCSC2CC(=S)N12. The van der Waals surface area contributed by atoms with E-state index in [0.29, 0.717) is 5.70 Å². The minimum atomic E-state index is -0.981. The van der Waals surface area contributed by atoms with Crippen molar-refractivity contribution in [2.24, 2.45) is 0 Å². The second-order valence-electron chi connectivity index (χ2n) is 4.92. The van der Waals surface area contributed by atoms with Crippen LogP contribution >= 0.6 is 24.0 Å². The largest absolute Gasteiger partial charge is 0.478 e. The van der Waals surface area contributed by atoms with Gasteiger partial charge in [0, 0.05) is 12.2 Å². The topological polar surface area (TPSA) is 66.8 Å². The Morgan fingerprint density at radius 1 is 1.36 bits per heavy atom. The Balaban J connectivity index is 1.61. The molecule has 1 unspecified atom stereocenters. The van der Waals surface area contributed by atoms with E-state index in [0.717, 1.165) is 22.7 Å². The lowest BCUT2D eigenvalue weighted by atomic mass is 10.1. The predicted molar refractivity (Wildman–Crippen MR) is 86.6 cm³/mol. The van der Waals surface area contributed by atoms with Crippen molar-refractivity contribution < 1.29 is 19.4 Å². The number of carboxylic acid groups (broad SMARTS) is 1. The minimum Gasteiger partial charge on any atom is -0.478 e. The van der Waals surface area contributed by atoms with Gasteiger partial charge in [0.05, 0.1) is 15.9 Å². The molecule has 1 aromatic rings. The van der Waals surface area contributed by atoms with Crippen LogP contribution in [0.25, 0.3) is 0 Å². The Morgan fingerprint density at radius 3 is 2.73 bits per heavy atom. The van der Waals surface area contributed by atoms with Gasteiger partial charge in [-0.05, 0) is 23.8 Å². The number of thiocarbonyl (C=S) groups is 1. The molecule has 0 aromatic heterocycles. The molecule has 2 aliphatic heterocycles. The number of hydrogen-bond acceptors (Lipinski definition) is 5. The van der Waals surface area contributed by atoms with Gasteiger partial charge in [-0.25, -0.2) is 9.59 Å². The highest BCUT2D eigenvalue weighted by atomic mass is 32.2. The number of aromatic carboxylic acids is 1. The summed E-state index contributed by atoms with van der Waals surface area (Å²) in [7, 11) is 0. The van der Waals surface area contributed by atoms with Gasteiger partial charge in [0.25, 0.3) is 0 Å². The molecule has 0 spiro atoms. The van der Waals surface area contributed by atoms with E-state index < -0.39 is 11.9 Å². The fourth-order valence-corrected chi connectivity index (χ4v) is 3.99. The maximum atomic E-state index is 12.2. The zero-order valence-electron chi connectivity index (χ0n) is 11.5. The Bertz CT molecular complexity index is 669. The first-order valence-corrected chi connectivity index (χ1v) is 8.15. The molecule has 0 saturated carbocycles. The third-order valence-electron chi connectivity index (χ3n) is 3.51. The molecule has 1 aromatic carbocycles. The summed E-state index contributed by atoms with van der Waals surface area (Å²) in [5, 5.41) is 9.10. The van der Waals surface area contributed by atoms with E-state index in [1.807, 2.05) is 11.0 Å². The number of benzene rings is 1. The van der Waals surface area contributed by atoms with Gasteiger partial charge in [-0.2, -0.15) is 0 Å². The highest BCUT2D eigenvalue weighted by Gasteiger charge is 2.40. The number of rotatable bonds is 4. The quantitative estimate of drug-likeness (QED) is 0.669.